The second-order valence-electron chi connectivity index (χ2n) is 7.00. The number of hydrogen-bond acceptors (Lipinski definition) is 6. The molecule has 11 heteroatoms. The van der Waals surface area contributed by atoms with E-state index < -0.39 is 0 Å². The molecular weight excluding hydrogens is 547 g/mol. The molecule has 0 saturated carbocycles. The molecule has 1 fully saturated rings. The molecule has 0 spiro atoms. The number of furan rings is 1. The van der Waals surface area contributed by atoms with Crippen LogP contribution in [0.3, 0.4) is 0 Å². The maximum atomic E-state index is 12.4. The second kappa shape index (κ2) is 11.3. The number of aliphatic imine (C=N–C) groups is 1. The van der Waals surface area contributed by atoms with Gasteiger partial charge in [-0.2, -0.15) is 4.98 Å². The predicted octanol–water partition coefficient (Wildman–Crippen LogP) is 3.18. The van der Waals surface area contributed by atoms with E-state index in [4.69, 9.17) is 20.5 Å². The number of guanidine groups is 1. The number of halogens is 2. The van der Waals surface area contributed by atoms with Crippen molar-refractivity contribution in [2.24, 2.45) is 4.99 Å². The molecule has 170 valence electrons. The van der Waals surface area contributed by atoms with Gasteiger partial charge in [-0.3, -0.25) is 9.79 Å². The standard InChI is InChI=1S/C21H23ClN6O3.HI/c1-23-21(28-11-9-27(10-12-28)20(29)17-6-3-13-30-17)24-8-7-18-25-19(26-31-18)15-4-2-5-16(22)14-15;/h2-6,13-14H,7-12H2,1H3,(H,23,24);1H. The van der Waals surface area contributed by atoms with Gasteiger partial charge in [0.25, 0.3) is 5.91 Å². The lowest BCUT2D eigenvalue weighted by Gasteiger charge is -2.36. The molecule has 0 radical (unpaired) electrons. The smallest absolute Gasteiger partial charge is 0.289 e. The SMILES string of the molecule is CN=C(NCCc1nc(-c2cccc(Cl)c2)no1)N1CCN(C(=O)c2ccco2)CC1.I. The van der Waals surface area contributed by atoms with Crippen LogP contribution in [0.2, 0.25) is 5.02 Å². The molecule has 4 rings (SSSR count). The van der Waals surface area contributed by atoms with Crippen molar-refractivity contribution in [3.8, 4) is 11.4 Å². The number of carbonyl (C=O) groups is 1. The highest BCUT2D eigenvalue weighted by Gasteiger charge is 2.25. The first-order chi connectivity index (χ1) is 15.1. The largest absolute Gasteiger partial charge is 0.459 e. The first kappa shape index (κ1) is 24.1. The van der Waals surface area contributed by atoms with Gasteiger partial charge in [-0.15, -0.1) is 24.0 Å². The molecule has 1 aromatic carbocycles. The molecular formula is C21H24ClIN6O3. The third kappa shape index (κ3) is 5.80. The number of amides is 1. The Morgan fingerprint density at radius 3 is 2.66 bits per heavy atom. The van der Waals surface area contributed by atoms with E-state index in [0.717, 1.165) is 11.5 Å². The Hall–Kier alpha value is -2.60. The summed E-state index contributed by atoms with van der Waals surface area (Å²) in [7, 11) is 1.74. The van der Waals surface area contributed by atoms with E-state index in [1.807, 2.05) is 12.1 Å². The first-order valence-corrected chi connectivity index (χ1v) is 10.4. The Kier molecular flexibility index (Phi) is 8.51. The van der Waals surface area contributed by atoms with Crippen molar-refractivity contribution in [2.45, 2.75) is 6.42 Å². The molecule has 0 bridgehead atoms. The van der Waals surface area contributed by atoms with E-state index in [1.54, 1.807) is 36.2 Å². The van der Waals surface area contributed by atoms with Gasteiger partial charge in [-0.25, -0.2) is 0 Å². The second-order valence-corrected chi connectivity index (χ2v) is 7.44. The molecule has 9 nitrogen and oxygen atoms in total. The minimum atomic E-state index is -0.0838. The minimum absolute atomic E-state index is 0. The summed E-state index contributed by atoms with van der Waals surface area (Å²) < 4.78 is 10.6. The molecule has 0 atom stereocenters. The lowest BCUT2D eigenvalue weighted by Crippen LogP contribution is -2.54. The van der Waals surface area contributed by atoms with Gasteiger partial charge in [0.05, 0.1) is 6.26 Å². The van der Waals surface area contributed by atoms with Crippen LogP contribution >= 0.6 is 35.6 Å². The lowest BCUT2D eigenvalue weighted by atomic mass is 10.2. The van der Waals surface area contributed by atoms with Crippen molar-refractivity contribution in [3.05, 3.63) is 59.3 Å². The molecule has 32 heavy (non-hydrogen) atoms. The number of nitrogens with zero attached hydrogens (tertiary/aromatic N) is 5. The van der Waals surface area contributed by atoms with Crippen molar-refractivity contribution in [1.29, 1.82) is 0 Å². The number of rotatable bonds is 5. The third-order valence-electron chi connectivity index (χ3n) is 4.98. The Morgan fingerprint density at radius 2 is 1.97 bits per heavy atom. The fourth-order valence-electron chi connectivity index (χ4n) is 3.39. The van der Waals surface area contributed by atoms with Gasteiger partial charge in [-0.1, -0.05) is 28.9 Å². The van der Waals surface area contributed by atoms with Crippen LogP contribution in [0.5, 0.6) is 0 Å². The number of benzene rings is 1. The summed E-state index contributed by atoms with van der Waals surface area (Å²) in [6, 6.07) is 10.7. The van der Waals surface area contributed by atoms with Crippen molar-refractivity contribution >= 4 is 47.4 Å². The highest BCUT2D eigenvalue weighted by atomic mass is 127. The summed E-state index contributed by atoms with van der Waals surface area (Å²) in [5.41, 5.74) is 0.813. The quantitative estimate of drug-likeness (QED) is 0.286. The fourth-order valence-corrected chi connectivity index (χ4v) is 3.58. The Morgan fingerprint density at radius 1 is 1.19 bits per heavy atom. The number of piperazine rings is 1. The molecule has 1 aliphatic heterocycles. The van der Waals surface area contributed by atoms with Crippen LogP contribution in [0.1, 0.15) is 16.4 Å². The molecule has 1 amide bonds. The first-order valence-electron chi connectivity index (χ1n) is 10.0. The summed E-state index contributed by atoms with van der Waals surface area (Å²) in [6.07, 6.45) is 2.07. The van der Waals surface area contributed by atoms with Crippen LogP contribution in [0.15, 0.2) is 56.6 Å². The van der Waals surface area contributed by atoms with E-state index in [1.165, 1.54) is 6.26 Å². The highest BCUT2D eigenvalue weighted by molar-refractivity contribution is 14.0. The van der Waals surface area contributed by atoms with Gasteiger partial charge in [0.15, 0.2) is 11.7 Å². The van der Waals surface area contributed by atoms with E-state index in [9.17, 15) is 4.79 Å². The molecule has 1 aliphatic rings. The van der Waals surface area contributed by atoms with Crippen molar-refractivity contribution in [2.75, 3.05) is 39.8 Å². The number of aromatic nitrogens is 2. The van der Waals surface area contributed by atoms with Crippen LogP contribution < -0.4 is 5.32 Å². The van der Waals surface area contributed by atoms with Crippen molar-refractivity contribution in [3.63, 3.8) is 0 Å². The van der Waals surface area contributed by atoms with E-state index in [-0.39, 0.29) is 29.9 Å². The number of nitrogens with one attached hydrogen (secondary N) is 1. The van der Waals surface area contributed by atoms with Crippen LogP contribution in [0.25, 0.3) is 11.4 Å². The fraction of sp³-hybridized carbons (Fsp3) is 0.333. The van der Waals surface area contributed by atoms with Gasteiger partial charge in [0, 0.05) is 56.8 Å². The number of carbonyl (C=O) groups excluding carboxylic acids is 1. The zero-order valence-electron chi connectivity index (χ0n) is 17.5. The monoisotopic (exact) mass is 570 g/mol. The van der Waals surface area contributed by atoms with E-state index >= 15 is 0 Å². The summed E-state index contributed by atoms with van der Waals surface area (Å²) in [6.45, 7) is 3.17. The average molecular weight is 571 g/mol. The third-order valence-corrected chi connectivity index (χ3v) is 5.22. The van der Waals surface area contributed by atoms with Crippen molar-refractivity contribution < 1.29 is 13.7 Å². The summed E-state index contributed by atoms with van der Waals surface area (Å²) in [5.74, 6) is 2.11. The Balaban J connectivity index is 0.00000289. The number of hydrogen-bond donors (Lipinski definition) is 1. The predicted molar refractivity (Wildman–Crippen MR) is 131 cm³/mol. The van der Waals surface area contributed by atoms with Crippen LogP contribution in [-0.4, -0.2) is 71.6 Å². The zero-order chi connectivity index (χ0) is 21.6. The highest BCUT2D eigenvalue weighted by Crippen LogP contribution is 2.20. The zero-order valence-corrected chi connectivity index (χ0v) is 20.6. The van der Waals surface area contributed by atoms with Gasteiger partial charge >= 0.3 is 0 Å². The normalized spacial score (nSPS) is 14.2. The topological polar surface area (TPSA) is 100 Å². The van der Waals surface area contributed by atoms with E-state index in [2.05, 4.69) is 25.3 Å². The van der Waals surface area contributed by atoms with E-state index in [0.29, 0.717) is 61.6 Å². The summed E-state index contributed by atoms with van der Waals surface area (Å²) in [5, 5.41) is 7.97. The molecule has 3 aromatic rings. The molecule has 3 heterocycles. The molecule has 1 N–H and O–H groups in total. The molecule has 0 unspecified atom stereocenters. The van der Waals surface area contributed by atoms with Crippen LogP contribution in [0.4, 0.5) is 0 Å². The Bertz CT molecular complexity index is 1050. The van der Waals surface area contributed by atoms with Crippen LogP contribution in [-0.2, 0) is 6.42 Å². The maximum absolute atomic E-state index is 12.4. The van der Waals surface area contributed by atoms with Gasteiger partial charge < -0.3 is 24.1 Å². The lowest BCUT2D eigenvalue weighted by molar-refractivity contribution is 0.0657. The van der Waals surface area contributed by atoms with Crippen molar-refractivity contribution in [1.82, 2.24) is 25.3 Å². The minimum Gasteiger partial charge on any atom is -0.459 e. The maximum Gasteiger partial charge on any atom is 0.289 e. The average Bonchev–Trinajstić information content (AvgIpc) is 3.49. The summed E-state index contributed by atoms with van der Waals surface area (Å²) in [4.78, 5) is 25.1. The Labute approximate surface area is 207 Å². The molecule has 0 aliphatic carbocycles. The van der Waals surface area contributed by atoms with Gasteiger partial charge in [0.2, 0.25) is 11.7 Å². The summed E-state index contributed by atoms with van der Waals surface area (Å²) >= 11 is 6.02. The molecule has 2 aromatic heterocycles. The van der Waals surface area contributed by atoms with Crippen LogP contribution in [0, 0.1) is 0 Å². The molecule has 1 saturated heterocycles. The van der Waals surface area contributed by atoms with Gasteiger partial charge in [0.1, 0.15) is 0 Å². The van der Waals surface area contributed by atoms with Gasteiger partial charge in [-0.05, 0) is 24.3 Å².